The molecule has 20 heavy (non-hydrogen) atoms. The molecule has 1 amide bonds. The topological polar surface area (TPSA) is 63.2 Å². The third kappa shape index (κ3) is 5.06. The van der Waals surface area contributed by atoms with Gasteiger partial charge in [-0.3, -0.25) is 13.8 Å². The summed E-state index contributed by atoms with van der Waals surface area (Å²) in [5.41, 5.74) is 0. The molecular formula is C14H18ClNO3S. The lowest BCUT2D eigenvalue weighted by molar-refractivity contribution is -0.126. The Kier molecular flexibility index (Phi) is 6.36. The van der Waals surface area contributed by atoms with E-state index >= 15 is 0 Å². The molecule has 0 aliphatic heterocycles. The van der Waals surface area contributed by atoms with Crippen LogP contribution in [0.4, 0.5) is 0 Å². The van der Waals surface area contributed by atoms with Crippen LogP contribution in [0.15, 0.2) is 29.2 Å². The fourth-order valence-corrected chi connectivity index (χ4v) is 3.00. The largest absolute Gasteiger partial charge is 0.345 e. The molecule has 0 aliphatic rings. The molecule has 0 radical (unpaired) electrons. The molecule has 0 aliphatic carbocycles. The SMILES string of the molecule is CC(=O)C(NC(=O)CS(=O)c1cccc(Cl)c1)C(C)C. The van der Waals surface area contributed by atoms with Gasteiger partial charge in [0.2, 0.25) is 5.91 Å². The average molecular weight is 316 g/mol. The van der Waals surface area contributed by atoms with Gasteiger partial charge in [-0.05, 0) is 31.0 Å². The Morgan fingerprint density at radius 1 is 1.35 bits per heavy atom. The number of carbonyl (C=O) groups excluding carboxylic acids is 2. The van der Waals surface area contributed by atoms with E-state index < -0.39 is 22.7 Å². The summed E-state index contributed by atoms with van der Waals surface area (Å²) in [5.74, 6) is -0.702. The van der Waals surface area contributed by atoms with Crippen LogP contribution in [0.3, 0.4) is 0 Å². The minimum Gasteiger partial charge on any atom is -0.345 e. The molecule has 1 aromatic carbocycles. The summed E-state index contributed by atoms with van der Waals surface area (Å²) in [6.07, 6.45) is 0. The van der Waals surface area contributed by atoms with E-state index in [4.69, 9.17) is 11.6 Å². The summed E-state index contributed by atoms with van der Waals surface area (Å²) in [6, 6.07) is 6.03. The van der Waals surface area contributed by atoms with Crippen LogP contribution in [0.25, 0.3) is 0 Å². The molecule has 4 nitrogen and oxygen atoms in total. The van der Waals surface area contributed by atoms with E-state index in [1.54, 1.807) is 24.3 Å². The standard InChI is InChI=1S/C14H18ClNO3S/c1-9(2)14(10(3)17)16-13(18)8-20(19)12-6-4-5-11(15)7-12/h4-7,9,14H,8H2,1-3H3,(H,16,18). The minimum atomic E-state index is -1.47. The van der Waals surface area contributed by atoms with Gasteiger partial charge < -0.3 is 5.32 Å². The number of nitrogens with one attached hydrogen (secondary N) is 1. The van der Waals surface area contributed by atoms with E-state index in [2.05, 4.69) is 5.32 Å². The van der Waals surface area contributed by atoms with Crippen LogP contribution >= 0.6 is 11.6 Å². The van der Waals surface area contributed by atoms with Gasteiger partial charge in [0.1, 0.15) is 5.75 Å². The normalized spacial score (nSPS) is 13.8. The van der Waals surface area contributed by atoms with Gasteiger partial charge in [-0.25, -0.2) is 0 Å². The molecule has 6 heteroatoms. The maximum atomic E-state index is 12.0. The van der Waals surface area contributed by atoms with Crippen molar-refractivity contribution >= 4 is 34.1 Å². The molecule has 0 aromatic heterocycles. The van der Waals surface area contributed by atoms with Gasteiger partial charge in [0.05, 0.1) is 16.8 Å². The Hall–Kier alpha value is -1.20. The number of Topliss-reactive ketones (excluding diaryl/α,β-unsaturated/α-hetero) is 1. The summed E-state index contributed by atoms with van der Waals surface area (Å²) in [4.78, 5) is 23.8. The minimum absolute atomic E-state index is 0.00365. The summed E-state index contributed by atoms with van der Waals surface area (Å²) in [7, 11) is -1.47. The van der Waals surface area contributed by atoms with Crippen molar-refractivity contribution in [1.82, 2.24) is 5.32 Å². The zero-order valence-electron chi connectivity index (χ0n) is 11.7. The smallest absolute Gasteiger partial charge is 0.233 e. The number of halogens is 1. The molecule has 110 valence electrons. The molecule has 0 saturated carbocycles. The molecule has 0 heterocycles. The van der Waals surface area contributed by atoms with Gasteiger partial charge in [0.15, 0.2) is 5.78 Å². The molecule has 1 rings (SSSR count). The van der Waals surface area contributed by atoms with Crippen LogP contribution in [-0.4, -0.2) is 27.7 Å². The first-order chi connectivity index (χ1) is 9.31. The number of amides is 1. The van der Waals surface area contributed by atoms with Crippen molar-refractivity contribution in [2.45, 2.75) is 31.7 Å². The van der Waals surface area contributed by atoms with Crippen molar-refractivity contribution in [2.75, 3.05) is 5.75 Å². The quantitative estimate of drug-likeness (QED) is 0.875. The fraction of sp³-hybridized carbons (Fsp3) is 0.429. The van der Waals surface area contributed by atoms with E-state index in [0.29, 0.717) is 9.92 Å². The van der Waals surface area contributed by atoms with E-state index in [0.717, 1.165) is 0 Å². The highest BCUT2D eigenvalue weighted by Gasteiger charge is 2.21. The lowest BCUT2D eigenvalue weighted by Crippen LogP contribution is -2.45. The lowest BCUT2D eigenvalue weighted by Gasteiger charge is -2.19. The molecule has 1 N–H and O–H groups in total. The van der Waals surface area contributed by atoms with Crippen molar-refractivity contribution in [3.8, 4) is 0 Å². The molecular weight excluding hydrogens is 298 g/mol. The maximum absolute atomic E-state index is 12.0. The zero-order chi connectivity index (χ0) is 15.3. The first kappa shape index (κ1) is 16.9. The lowest BCUT2D eigenvalue weighted by atomic mass is 10.0. The van der Waals surface area contributed by atoms with Crippen LogP contribution in [-0.2, 0) is 20.4 Å². The highest BCUT2D eigenvalue weighted by Crippen LogP contribution is 2.14. The number of benzene rings is 1. The Bertz CT molecular complexity index is 531. The predicted molar refractivity (Wildman–Crippen MR) is 80.2 cm³/mol. The van der Waals surface area contributed by atoms with Crippen molar-refractivity contribution in [1.29, 1.82) is 0 Å². The van der Waals surface area contributed by atoms with E-state index in [9.17, 15) is 13.8 Å². The van der Waals surface area contributed by atoms with Crippen LogP contribution < -0.4 is 5.32 Å². The number of carbonyl (C=O) groups is 2. The van der Waals surface area contributed by atoms with E-state index in [-0.39, 0.29) is 17.5 Å². The molecule has 2 unspecified atom stereocenters. The van der Waals surface area contributed by atoms with E-state index in [1.165, 1.54) is 6.92 Å². The Balaban J connectivity index is 2.66. The van der Waals surface area contributed by atoms with Gasteiger partial charge in [-0.2, -0.15) is 0 Å². The summed E-state index contributed by atoms with van der Waals surface area (Å²) in [6.45, 7) is 5.12. The monoisotopic (exact) mass is 315 g/mol. The number of rotatable bonds is 6. The van der Waals surface area contributed by atoms with Gasteiger partial charge in [0.25, 0.3) is 0 Å². The summed E-state index contributed by atoms with van der Waals surface area (Å²) in [5, 5.41) is 3.09. The first-order valence-corrected chi connectivity index (χ1v) is 7.94. The van der Waals surface area contributed by atoms with Crippen molar-refractivity contribution in [3.05, 3.63) is 29.3 Å². The maximum Gasteiger partial charge on any atom is 0.233 e. The molecule has 1 aromatic rings. The Labute approximate surface area is 126 Å². The van der Waals surface area contributed by atoms with Crippen LogP contribution in [0.1, 0.15) is 20.8 Å². The van der Waals surface area contributed by atoms with Gasteiger partial charge in [-0.15, -0.1) is 0 Å². The molecule has 2 atom stereocenters. The highest BCUT2D eigenvalue weighted by molar-refractivity contribution is 7.85. The van der Waals surface area contributed by atoms with Crippen LogP contribution in [0.5, 0.6) is 0 Å². The molecule has 0 spiro atoms. The second kappa shape index (κ2) is 7.55. The molecule has 0 saturated heterocycles. The predicted octanol–water partition coefficient (Wildman–Crippen LogP) is 2.18. The number of hydrogen-bond acceptors (Lipinski definition) is 3. The van der Waals surface area contributed by atoms with Crippen molar-refractivity contribution in [3.63, 3.8) is 0 Å². The van der Waals surface area contributed by atoms with Crippen molar-refractivity contribution in [2.24, 2.45) is 5.92 Å². The van der Waals surface area contributed by atoms with Crippen LogP contribution in [0.2, 0.25) is 5.02 Å². The van der Waals surface area contributed by atoms with Gasteiger partial charge >= 0.3 is 0 Å². The third-order valence-electron chi connectivity index (χ3n) is 2.74. The van der Waals surface area contributed by atoms with Gasteiger partial charge in [-0.1, -0.05) is 31.5 Å². The number of ketones is 1. The molecule has 0 fully saturated rings. The second-order valence-electron chi connectivity index (χ2n) is 4.85. The summed E-state index contributed by atoms with van der Waals surface area (Å²) < 4.78 is 12.0. The van der Waals surface area contributed by atoms with Gasteiger partial charge in [0, 0.05) is 9.92 Å². The Morgan fingerprint density at radius 2 is 2.00 bits per heavy atom. The Morgan fingerprint density at radius 3 is 2.50 bits per heavy atom. The highest BCUT2D eigenvalue weighted by atomic mass is 35.5. The van der Waals surface area contributed by atoms with Crippen molar-refractivity contribution < 1.29 is 13.8 Å². The van der Waals surface area contributed by atoms with E-state index in [1.807, 2.05) is 13.8 Å². The number of hydrogen-bond donors (Lipinski definition) is 1. The fourth-order valence-electron chi connectivity index (χ4n) is 1.76. The summed E-state index contributed by atoms with van der Waals surface area (Å²) >= 11 is 5.81. The zero-order valence-corrected chi connectivity index (χ0v) is 13.3. The van der Waals surface area contributed by atoms with Crippen LogP contribution in [0, 0.1) is 5.92 Å². The third-order valence-corrected chi connectivity index (χ3v) is 4.28. The second-order valence-corrected chi connectivity index (χ2v) is 6.73. The average Bonchev–Trinajstić information content (AvgIpc) is 2.35. The first-order valence-electron chi connectivity index (χ1n) is 6.25. The molecule has 0 bridgehead atoms.